The molecule has 5 rings (SSSR count). The van der Waals surface area contributed by atoms with Crippen molar-refractivity contribution in [3.63, 3.8) is 0 Å². The number of fused-ring (bicyclic) bond motifs is 3. The quantitative estimate of drug-likeness (QED) is 0.339. The summed E-state index contributed by atoms with van der Waals surface area (Å²) >= 11 is 0. The fourth-order valence-corrected chi connectivity index (χ4v) is 6.41. The summed E-state index contributed by atoms with van der Waals surface area (Å²) in [4.78, 5) is 31.8. The van der Waals surface area contributed by atoms with Crippen LogP contribution in [0.1, 0.15) is 35.0 Å². The highest BCUT2D eigenvalue weighted by Crippen LogP contribution is 2.41. The van der Waals surface area contributed by atoms with E-state index in [1.165, 1.54) is 50.7 Å². The number of methoxy groups -OCH3 is 1. The summed E-state index contributed by atoms with van der Waals surface area (Å²) in [6.07, 6.45) is 2.12. The number of hydrogen-bond donors (Lipinski definition) is 1. The third-order valence-corrected chi connectivity index (χ3v) is 8.46. The molecule has 0 atom stereocenters. The number of aromatic nitrogens is 2. The molecule has 10 nitrogen and oxygen atoms in total. The van der Waals surface area contributed by atoms with Crippen LogP contribution < -0.4 is 14.5 Å². The summed E-state index contributed by atoms with van der Waals surface area (Å²) in [5.41, 5.74) is -0.706. The standard InChI is InChI=1S/C27H24F2N4O6S/c1-4-8-15-11-20(39-3)22(29)24(21(15)28)32-14-16-13-30-25-18(23(16)31(2)27(32)36)12-19(26(34)35)33(25)40(37,38)17-9-6-5-7-10-17/h5-7,9-13H,4,8,14H2,1-3H3,(H,34,35). The van der Waals surface area contributed by atoms with Gasteiger partial charge in [0.05, 0.1) is 24.2 Å². The van der Waals surface area contributed by atoms with E-state index in [-0.39, 0.29) is 45.9 Å². The lowest BCUT2D eigenvalue weighted by Gasteiger charge is -2.35. The van der Waals surface area contributed by atoms with E-state index >= 15 is 8.78 Å². The summed E-state index contributed by atoms with van der Waals surface area (Å²) in [7, 11) is -1.81. The van der Waals surface area contributed by atoms with Gasteiger partial charge in [0.15, 0.2) is 23.0 Å². The van der Waals surface area contributed by atoms with Gasteiger partial charge in [-0.15, -0.1) is 0 Å². The van der Waals surface area contributed by atoms with Crippen molar-refractivity contribution in [2.24, 2.45) is 0 Å². The Morgan fingerprint density at radius 1 is 1.12 bits per heavy atom. The first-order valence-corrected chi connectivity index (χ1v) is 13.6. The summed E-state index contributed by atoms with van der Waals surface area (Å²) in [5.74, 6) is -3.69. The number of rotatable bonds is 7. The molecule has 1 aliphatic heterocycles. The molecule has 0 bridgehead atoms. The number of anilines is 2. The summed E-state index contributed by atoms with van der Waals surface area (Å²) < 4.78 is 63.6. The van der Waals surface area contributed by atoms with E-state index in [0.717, 1.165) is 15.9 Å². The first-order valence-electron chi connectivity index (χ1n) is 12.2. The maximum Gasteiger partial charge on any atom is 0.353 e. The smallest absolute Gasteiger partial charge is 0.353 e. The van der Waals surface area contributed by atoms with Crippen LogP contribution in [0.15, 0.2) is 53.6 Å². The number of nitrogens with zero attached hydrogens (tertiary/aromatic N) is 4. The molecule has 0 saturated heterocycles. The van der Waals surface area contributed by atoms with Crippen molar-refractivity contribution >= 4 is 44.4 Å². The molecule has 4 aromatic rings. The topological polar surface area (TPSA) is 122 Å². The normalized spacial score (nSPS) is 13.6. The van der Waals surface area contributed by atoms with E-state index in [2.05, 4.69) is 4.98 Å². The molecule has 0 fully saturated rings. The van der Waals surface area contributed by atoms with E-state index in [1.54, 1.807) is 6.07 Å². The fraction of sp³-hybridized carbons (Fsp3) is 0.222. The molecule has 0 unspecified atom stereocenters. The molecule has 0 spiro atoms. The number of aryl methyl sites for hydroxylation is 1. The first-order chi connectivity index (χ1) is 19.0. The predicted octanol–water partition coefficient (Wildman–Crippen LogP) is 4.79. The molecule has 2 aromatic carbocycles. The van der Waals surface area contributed by atoms with Gasteiger partial charge in [-0.05, 0) is 36.2 Å². The van der Waals surface area contributed by atoms with E-state index in [4.69, 9.17) is 4.74 Å². The SMILES string of the molecule is CCCc1cc(OC)c(F)c(N2Cc3cnc4c(cc(C(=O)O)n4S(=O)(=O)c4ccccc4)c3N(C)C2=O)c1F. The van der Waals surface area contributed by atoms with E-state index in [9.17, 15) is 23.1 Å². The zero-order valence-electron chi connectivity index (χ0n) is 21.7. The van der Waals surface area contributed by atoms with Crippen molar-refractivity contribution < 1.29 is 36.6 Å². The second-order valence-electron chi connectivity index (χ2n) is 9.18. The van der Waals surface area contributed by atoms with Crippen LogP contribution >= 0.6 is 0 Å². The molecule has 13 heteroatoms. The number of hydrogen-bond acceptors (Lipinski definition) is 6. The Labute approximate surface area is 228 Å². The molecule has 208 valence electrons. The molecule has 2 aromatic heterocycles. The van der Waals surface area contributed by atoms with Gasteiger partial charge < -0.3 is 9.84 Å². The van der Waals surface area contributed by atoms with Gasteiger partial charge in [-0.2, -0.15) is 0 Å². The van der Waals surface area contributed by atoms with Crippen molar-refractivity contribution in [2.75, 3.05) is 24.0 Å². The molecule has 1 N–H and O–H groups in total. The second kappa shape index (κ2) is 9.90. The number of carboxylic acids is 1. The molecule has 0 saturated carbocycles. The average molecular weight is 571 g/mol. The minimum absolute atomic E-state index is 0.0724. The summed E-state index contributed by atoms with van der Waals surface area (Å²) in [6.45, 7) is 1.52. The number of ether oxygens (including phenoxy) is 1. The van der Waals surface area contributed by atoms with E-state index < -0.39 is 45.0 Å². The van der Waals surface area contributed by atoms with Crippen molar-refractivity contribution in [2.45, 2.75) is 31.2 Å². The van der Waals surface area contributed by atoms with Crippen LogP contribution in [0, 0.1) is 11.6 Å². The number of carbonyl (C=O) groups is 2. The van der Waals surface area contributed by atoms with Crippen LogP contribution in [0.3, 0.4) is 0 Å². The molecule has 0 radical (unpaired) electrons. The second-order valence-corrected chi connectivity index (χ2v) is 11.0. The largest absolute Gasteiger partial charge is 0.494 e. The van der Waals surface area contributed by atoms with Crippen LogP contribution in [0.2, 0.25) is 0 Å². The molecule has 2 amide bonds. The highest BCUT2D eigenvalue weighted by molar-refractivity contribution is 7.90. The highest BCUT2D eigenvalue weighted by atomic mass is 32.2. The average Bonchev–Trinajstić information content (AvgIpc) is 3.34. The zero-order valence-corrected chi connectivity index (χ0v) is 22.5. The van der Waals surface area contributed by atoms with Gasteiger partial charge in [0.2, 0.25) is 0 Å². The molecular formula is C27H24F2N4O6S. The molecule has 40 heavy (non-hydrogen) atoms. The lowest BCUT2D eigenvalue weighted by molar-refractivity contribution is 0.0689. The number of carbonyl (C=O) groups excluding carboxylic acids is 1. The number of amides is 2. The van der Waals surface area contributed by atoms with Crippen molar-refractivity contribution in [3.8, 4) is 5.75 Å². The molecule has 1 aliphatic rings. The van der Waals surface area contributed by atoms with Crippen LogP contribution in [0.25, 0.3) is 11.0 Å². The van der Waals surface area contributed by atoms with Gasteiger partial charge in [-0.3, -0.25) is 9.80 Å². The highest BCUT2D eigenvalue weighted by Gasteiger charge is 2.37. The first kappa shape index (κ1) is 27.1. The van der Waals surface area contributed by atoms with Gasteiger partial charge in [0, 0.05) is 24.2 Å². The number of pyridine rings is 1. The third kappa shape index (κ3) is 4.04. The fourth-order valence-electron chi connectivity index (χ4n) is 4.93. The number of carboxylic acid groups (broad SMARTS) is 1. The number of benzene rings is 2. The maximum absolute atomic E-state index is 15.5. The Morgan fingerprint density at radius 3 is 2.45 bits per heavy atom. The Morgan fingerprint density at radius 2 is 1.82 bits per heavy atom. The predicted molar refractivity (Wildman–Crippen MR) is 143 cm³/mol. The van der Waals surface area contributed by atoms with Crippen LogP contribution in [0.4, 0.5) is 25.0 Å². The number of halogens is 2. The lowest BCUT2D eigenvalue weighted by Crippen LogP contribution is -2.46. The number of aromatic carboxylic acids is 1. The molecule has 0 aliphatic carbocycles. The van der Waals surface area contributed by atoms with Gasteiger partial charge in [0.25, 0.3) is 10.0 Å². The van der Waals surface area contributed by atoms with Gasteiger partial charge in [-0.1, -0.05) is 31.5 Å². The van der Waals surface area contributed by atoms with Crippen LogP contribution in [-0.2, 0) is 23.0 Å². The summed E-state index contributed by atoms with van der Waals surface area (Å²) in [5, 5.41) is 9.95. The Bertz CT molecular complexity index is 1790. The maximum atomic E-state index is 15.5. The molecular weight excluding hydrogens is 546 g/mol. The third-order valence-electron chi connectivity index (χ3n) is 6.75. The van der Waals surface area contributed by atoms with Crippen molar-refractivity contribution in [1.82, 2.24) is 8.96 Å². The lowest BCUT2D eigenvalue weighted by atomic mass is 10.0. The number of urea groups is 1. The van der Waals surface area contributed by atoms with Gasteiger partial charge in [-0.25, -0.2) is 35.7 Å². The Hall–Kier alpha value is -4.52. The van der Waals surface area contributed by atoms with Crippen LogP contribution in [0.5, 0.6) is 5.75 Å². The van der Waals surface area contributed by atoms with Crippen LogP contribution in [-0.4, -0.2) is 48.6 Å². The van der Waals surface area contributed by atoms with Crippen molar-refractivity contribution in [3.05, 3.63) is 77.1 Å². The Balaban J connectivity index is 1.71. The monoisotopic (exact) mass is 570 g/mol. The minimum atomic E-state index is -4.39. The zero-order chi connectivity index (χ0) is 28.9. The molecule has 3 heterocycles. The Kier molecular flexibility index (Phi) is 6.70. The van der Waals surface area contributed by atoms with Gasteiger partial charge >= 0.3 is 12.0 Å². The van der Waals surface area contributed by atoms with Crippen molar-refractivity contribution in [1.29, 1.82) is 0 Å². The van der Waals surface area contributed by atoms with E-state index in [1.807, 2.05) is 6.92 Å². The summed E-state index contributed by atoms with van der Waals surface area (Å²) in [6, 6.07) is 8.82. The van der Waals surface area contributed by atoms with Gasteiger partial charge in [0.1, 0.15) is 11.4 Å². The minimum Gasteiger partial charge on any atom is -0.494 e. The van der Waals surface area contributed by atoms with E-state index in [0.29, 0.717) is 16.0 Å².